The number of aliphatic hydroxyl groups is 1. The van der Waals surface area contributed by atoms with E-state index in [1.807, 2.05) is 24.3 Å². The molecule has 1 aliphatic carbocycles. The van der Waals surface area contributed by atoms with Gasteiger partial charge in [0.2, 0.25) is 0 Å². The summed E-state index contributed by atoms with van der Waals surface area (Å²) >= 11 is 0. The van der Waals surface area contributed by atoms with Gasteiger partial charge in [0.1, 0.15) is 5.76 Å². The number of benzene rings is 2. The fraction of sp³-hybridized carbons (Fsp3) is 0.111. The van der Waals surface area contributed by atoms with Crippen LogP contribution in [0.4, 0.5) is 0 Å². The van der Waals surface area contributed by atoms with Gasteiger partial charge in [-0.25, -0.2) is 0 Å². The summed E-state index contributed by atoms with van der Waals surface area (Å²) < 4.78 is 0. The third-order valence-electron chi connectivity index (χ3n) is 3.42. The molecule has 0 saturated carbocycles. The summed E-state index contributed by atoms with van der Waals surface area (Å²) in [7, 11) is -0.630. The van der Waals surface area contributed by atoms with Crippen LogP contribution in [0.1, 0.15) is 12.8 Å². The monoisotopic (exact) mass is 280 g/mol. The maximum atomic E-state index is 10.3. The van der Waals surface area contributed by atoms with E-state index >= 15 is 0 Å². The predicted octanol–water partition coefficient (Wildman–Crippen LogP) is 4.24. The lowest BCUT2D eigenvalue weighted by atomic mass is 10.2. The Morgan fingerprint density at radius 2 is 1.35 bits per heavy atom. The SMILES string of the molecule is OC1=C(P(c2ccccc2)c2ccccc2)CCC=C1. The molecule has 0 aliphatic heterocycles. The van der Waals surface area contributed by atoms with E-state index in [2.05, 4.69) is 48.5 Å². The van der Waals surface area contributed by atoms with Gasteiger partial charge in [-0.3, -0.25) is 0 Å². The molecule has 0 spiro atoms. The smallest absolute Gasteiger partial charge is 0.119 e. The van der Waals surface area contributed by atoms with Gasteiger partial charge in [-0.2, -0.15) is 0 Å². The Hall–Kier alpha value is -1.85. The van der Waals surface area contributed by atoms with Crippen molar-refractivity contribution < 1.29 is 5.11 Å². The molecule has 1 nitrogen and oxygen atoms in total. The Labute approximate surface area is 121 Å². The van der Waals surface area contributed by atoms with Crippen molar-refractivity contribution in [3.8, 4) is 0 Å². The zero-order valence-corrected chi connectivity index (χ0v) is 12.1. The lowest BCUT2D eigenvalue weighted by Crippen LogP contribution is -2.14. The summed E-state index contributed by atoms with van der Waals surface area (Å²) in [5.74, 6) is 0.454. The highest BCUT2D eigenvalue weighted by atomic mass is 31.1. The first-order valence-electron chi connectivity index (χ1n) is 6.85. The Balaban J connectivity index is 2.12. The van der Waals surface area contributed by atoms with E-state index in [0.717, 1.165) is 12.8 Å². The van der Waals surface area contributed by atoms with Crippen molar-refractivity contribution in [3.63, 3.8) is 0 Å². The second-order valence-corrected chi connectivity index (χ2v) is 7.02. The van der Waals surface area contributed by atoms with Gasteiger partial charge in [0.15, 0.2) is 0 Å². The summed E-state index contributed by atoms with van der Waals surface area (Å²) in [4.78, 5) is 0. The Morgan fingerprint density at radius 1 is 0.800 bits per heavy atom. The van der Waals surface area contributed by atoms with Gasteiger partial charge in [0.25, 0.3) is 0 Å². The van der Waals surface area contributed by atoms with E-state index < -0.39 is 7.92 Å². The van der Waals surface area contributed by atoms with Crippen LogP contribution in [0.15, 0.2) is 83.9 Å². The summed E-state index contributed by atoms with van der Waals surface area (Å²) in [5.41, 5.74) is 0. The molecule has 100 valence electrons. The second-order valence-electron chi connectivity index (χ2n) is 4.78. The van der Waals surface area contributed by atoms with Gasteiger partial charge in [0, 0.05) is 5.31 Å². The molecule has 0 amide bonds. The van der Waals surface area contributed by atoms with Gasteiger partial charge in [-0.05, 0) is 37.4 Å². The standard InChI is InChI=1S/C18H17OP/c19-17-13-7-8-14-18(17)20(15-9-3-1-4-10-15)16-11-5-2-6-12-16/h1-7,9-13,19H,8,14H2. The number of hydrogen-bond acceptors (Lipinski definition) is 1. The lowest BCUT2D eigenvalue weighted by molar-refractivity contribution is 0.424. The third-order valence-corrected chi connectivity index (χ3v) is 6.04. The first kappa shape index (κ1) is 13.1. The van der Waals surface area contributed by atoms with Crippen molar-refractivity contribution in [1.29, 1.82) is 0 Å². The maximum absolute atomic E-state index is 10.3. The van der Waals surface area contributed by atoms with Gasteiger partial charge in [-0.15, -0.1) is 0 Å². The quantitative estimate of drug-likeness (QED) is 0.834. The van der Waals surface area contributed by atoms with Crippen LogP contribution >= 0.6 is 7.92 Å². The summed E-state index contributed by atoms with van der Waals surface area (Å²) in [6.45, 7) is 0. The van der Waals surface area contributed by atoms with Crippen molar-refractivity contribution in [2.24, 2.45) is 0 Å². The largest absolute Gasteiger partial charge is 0.508 e. The molecule has 0 saturated heterocycles. The molecule has 0 radical (unpaired) electrons. The molecule has 0 aromatic heterocycles. The van der Waals surface area contributed by atoms with Crippen molar-refractivity contribution in [2.45, 2.75) is 12.8 Å². The van der Waals surface area contributed by atoms with Crippen LogP contribution < -0.4 is 10.6 Å². The first-order valence-corrected chi connectivity index (χ1v) is 8.19. The average Bonchev–Trinajstić information content (AvgIpc) is 2.52. The molecule has 2 aromatic rings. The van der Waals surface area contributed by atoms with Crippen LogP contribution in [0.3, 0.4) is 0 Å². The minimum atomic E-state index is -0.630. The van der Waals surface area contributed by atoms with E-state index in [0.29, 0.717) is 5.76 Å². The van der Waals surface area contributed by atoms with E-state index in [1.54, 1.807) is 0 Å². The maximum Gasteiger partial charge on any atom is 0.119 e. The zero-order chi connectivity index (χ0) is 13.8. The van der Waals surface area contributed by atoms with Gasteiger partial charge in [0.05, 0.1) is 0 Å². The Kier molecular flexibility index (Phi) is 3.99. The van der Waals surface area contributed by atoms with E-state index in [9.17, 15) is 5.11 Å². The van der Waals surface area contributed by atoms with Crippen LogP contribution in [0.2, 0.25) is 0 Å². The van der Waals surface area contributed by atoms with Crippen molar-refractivity contribution in [2.75, 3.05) is 0 Å². The summed E-state index contributed by atoms with van der Waals surface area (Å²) in [5, 5.41) is 14.0. The number of aliphatic hydroxyl groups excluding tert-OH is 1. The molecule has 0 bridgehead atoms. The molecule has 2 heteroatoms. The molecular formula is C18H17OP. The minimum absolute atomic E-state index is 0.454. The van der Waals surface area contributed by atoms with Crippen molar-refractivity contribution in [3.05, 3.63) is 83.9 Å². The first-order chi connectivity index (χ1) is 9.86. The van der Waals surface area contributed by atoms with Crippen LogP contribution in [-0.2, 0) is 0 Å². The number of rotatable bonds is 3. The van der Waals surface area contributed by atoms with Gasteiger partial charge >= 0.3 is 0 Å². The fourth-order valence-electron chi connectivity index (χ4n) is 2.48. The molecule has 1 aliphatic rings. The topological polar surface area (TPSA) is 20.2 Å². The molecule has 2 aromatic carbocycles. The molecule has 1 N–H and O–H groups in total. The molecule has 0 fully saturated rings. The lowest BCUT2D eigenvalue weighted by Gasteiger charge is -2.24. The normalized spacial score (nSPS) is 14.8. The predicted molar refractivity (Wildman–Crippen MR) is 87.1 cm³/mol. The summed E-state index contributed by atoms with van der Waals surface area (Å²) in [6, 6.07) is 21.0. The van der Waals surface area contributed by atoms with Gasteiger partial charge < -0.3 is 5.11 Å². The molecule has 0 unspecified atom stereocenters. The van der Waals surface area contributed by atoms with Crippen LogP contribution in [0.25, 0.3) is 0 Å². The van der Waals surface area contributed by atoms with Gasteiger partial charge in [-0.1, -0.05) is 66.7 Å². The highest BCUT2D eigenvalue weighted by Gasteiger charge is 2.22. The second kappa shape index (κ2) is 6.07. The minimum Gasteiger partial charge on any atom is -0.508 e. The number of hydrogen-bond donors (Lipinski definition) is 1. The van der Waals surface area contributed by atoms with E-state index in [1.165, 1.54) is 15.9 Å². The molecule has 0 heterocycles. The highest BCUT2D eigenvalue weighted by molar-refractivity contribution is 7.76. The van der Waals surface area contributed by atoms with Crippen LogP contribution in [0, 0.1) is 0 Å². The summed E-state index contributed by atoms with van der Waals surface area (Å²) in [6.07, 6.45) is 5.85. The van der Waals surface area contributed by atoms with E-state index in [4.69, 9.17) is 0 Å². The molecular weight excluding hydrogens is 263 g/mol. The van der Waals surface area contributed by atoms with Crippen molar-refractivity contribution >= 4 is 18.5 Å². The zero-order valence-electron chi connectivity index (χ0n) is 11.2. The Morgan fingerprint density at radius 3 is 1.85 bits per heavy atom. The Bertz CT molecular complexity index is 589. The fourth-order valence-corrected chi connectivity index (χ4v) is 5.00. The van der Waals surface area contributed by atoms with E-state index in [-0.39, 0.29) is 0 Å². The average molecular weight is 280 g/mol. The number of allylic oxidation sites excluding steroid dienone is 3. The molecule has 0 atom stereocenters. The third kappa shape index (κ3) is 2.69. The van der Waals surface area contributed by atoms with Crippen LogP contribution in [0.5, 0.6) is 0 Å². The van der Waals surface area contributed by atoms with Crippen LogP contribution in [-0.4, -0.2) is 5.11 Å². The van der Waals surface area contributed by atoms with Crippen molar-refractivity contribution in [1.82, 2.24) is 0 Å². The highest BCUT2D eigenvalue weighted by Crippen LogP contribution is 2.47. The molecule has 20 heavy (non-hydrogen) atoms. The molecule has 3 rings (SSSR count).